The van der Waals surface area contributed by atoms with Gasteiger partial charge in [-0.25, -0.2) is 0 Å². The SMILES string of the molecule is CC(C)Cc1c[nH]c2ccc(Oc3c(Br)cc(O)cc3Br)cc12. The molecular formula is C18H17Br2NO2. The average molecular weight is 439 g/mol. The van der Waals surface area contributed by atoms with E-state index in [0.717, 1.165) is 17.7 Å². The van der Waals surface area contributed by atoms with Crippen LogP contribution in [0.2, 0.25) is 0 Å². The van der Waals surface area contributed by atoms with Gasteiger partial charge in [-0.15, -0.1) is 0 Å². The number of aromatic hydroxyl groups is 1. The third-order valence-corrected chi connectivity index (χ3v) is 4.75. The van der Waals surface area contributed by atoms with Gasteiger partial charge in [0, 0.05) is 17.1 Å². The van der Waals surface area contributed by atoms with Crippen LogP contribution in [-0.2, 0) is 6.42 Å². The first-order chi connectivity index (χ1) is 10.9. The molecule has 3 aromatic rings. The first-order valence-corrected chi connectivity index (χ1v) is 8.98. The van der Waals surface area contributed by atoms with E-state index in [2.05, 4.69) is 63.0 Å². The van der Waals surface area contributed by atoms with Crippen molar-refractivity contribution in [1.29, 1.82) is 0 Å². The number of nitrogens with one attached hydrogen (secondary N) is 1. The van der Waals surface area contributed by atoms with Gasteiger partial charge in [-0.05, 0) is 80.1 Å². The third kappa shape index (κ3) is 3.56. The summed E-state index contributed by atoms with van der Waals surface area (Å²) in [7, 11) is 0. The summed E-state index contributed by atoms with van der Waals surface area (Å²) in [5.74, 6) is 2.17. The number of hydrogen-bond acceptors (Lipinski definition) is 2. The van der Waals surface area contributed by atoms with Gasteiger partial charge < -0.3 is 14.8 Å². The maximum absolute atomic E-state index is 9.60. The lowest BCUT2D eigenvalue weighted by Gasteiger charge is -2.11. The normalized spacial score (nSPS) is 11.3. The minimum atomic E-state index is 0.177. The second kappa shape index (κ2) is 6.57. The van der Waals surface area contributed by atoms with Gasteiger partial charge in [0.15, 0.2) is 5.75 Å². The molecule has 0 atom stereocenters. The van der Waals surface area contributed by atoms with E-state index in [1.807, 2.05) is 12.1 Å². The second-order valence-corrected chi connectivity index (χ2v) is 7.67. The molecule has 5 heteroatoms. The van der Waals surface area contributed by atoms with Crippen molar-refractivity contribution < 1.29 is 9.84 Å². The Balaban J connectivity index is 1.98. The van der Waals surface area contributed by atoms with Gasteiger partial charge in [0.1, 0.15) is 11.5 Å². The first-order valence-electron chi connectivity index (χ1n) is 7.40. The van der Waals surface area contributed by atoms with E-state index in [9.17, 15) is 5.11 Å². The van der Waals surface area contributed by atoms with E-state index in [0.29, 0.717) is 20.6 Å². The number of H-pyrrole nitrogens is 1. The predicted octanol–water partition coefficient (Wildman–Crippen LogP) is 6.39. The number of aromatic nitrogens is 1. The molecule has 3 rings (SSSR count). The Kier molecular flexibility index (Phi) is 4.69. The van der Waals surface area contributed by atoms with Crippen molar-refractivity contribution in [3.05, 3.63) is 51.0 Å². The highest BCUT2D eigenvalue weighted by Crippen LogP contribution is 2.40. The Hall–Kier alpha value is -1.46. The molecule has 120 valence electrons. The number of aromatic amines is 1. The number of rotatable bonds is 4. The fraction of sp³-hybridized carbons (Fsp3) is 0.222. The lowest BCUT2D eigenvalue weighted by Crippen LogP contribution is -1.92. The lowest BCUT2D eigenvalue weighted by molar-refractivity contribution is 0.460. The smallest absolute Gasteiger partial charge is 0.156 e. The lowest BCUT2D eigenvalue weighted by atomic mass is 10.0. The second-order valence-electron chi connectivity index (χ2n) is 5.96. The zero-order valence-corrected chi connectivity index (χ0v) is 16.0. The average Bonchev–Trinajstić information content (AvgIpc) is 2.85. The maximum atomic E-state index is 9.60. The third-order valence-electron chi connectivity index (χ3n) is 3.57. The van der Waals surface area contributed by atoms with Gasteiger partial charge >= 0.3 is 0 Å². The van der Waals surface area contributed by atoms with Gasteiger partial charge in [-0.2, -0.15) is 0 Å². The van der Waals surface area contributed by atoms with E-state index in [1.54, 1.807) is 12.1 Å². The van der Waals surface area contributed by atoms with E-state index in [1.165, 1.54) is 10.9 Å². The summed E-state index contributed by atoms with van der Waals surface area (Å²) in [4.78, 5) is 3.31. The number of ether oxygens (including phenoxy) is 1. The largest absolute Gasteiger partial charge is 0.508 e. The Morgan fingerprint density at radius 2 is 1.83 bits per heavy atom. The highest BCUT2D eigenvalue weighted by Gasteiger charge is 2.12. The molecule has 0 fully saturated rings. The predicted molar refractivity (Wildman–Crippen MR) is 100 cm³/mol. The zero-order valence-electron chi connectivity index (χ0n) is 12.9. The van der Waals surface area contributed by atoms with E-state index >= 15 is 0 Å². The molecule has 1 heterocycles. The minimum absolute atomic E-state index is 0.177. The molecule has 3 nitrogen and oxygen atoms in total. The standard InChI is InChI=1S/C18H17Br2NO2/c1-10(2)5-11-9-21-17-4-3-13(8-14(11)17)23-18-15(19)6-12(22)7-16(18)20/h3-4,6-10,21-22H,5H2,1-2H3. The van der Waals surface area contributed by atoms with Gasteiger partial charge in [0.05, 0.1) is 8.95 Å². The molecule has 0 aliphatic heterocycles. The van der Waals surface area contributed by atoms with Crippen molar-refractivity contribution in [1.82, 2.24) is 4.98 Å². The number of phenolic OH excluding ortho intramolecular Hbond substituents is 1. The molecule has 0 aliphatic carbocycles. The number of hydrogen-bond donors (Lipinski definition) is 2. The topological polar surface area (TPSA) is 45.2 Å². The minimum Gasteiger partial charge on any atom is -0.508 e. The fourth-order valence-corrected chi connectivity index (χ4v) is 3.92. The summed E-state index contributed by atoms with van der Waals surface area (Å²) in [6, 6.07) is 9.23. The van der Waals surface area contributed by atoms with Crippen LogP contribution in [0.15, 0.2) is 45.5 Å². The molecule has 2 N–H and O–H groups in total. The van der Waals surface area contributed by atoms with Crippen LogP contribution in [0.3, 0.4) is 0 Å². The summed E-state index contributed by atoms with van der Waals surface area (Å²) in [6.07, 6.45) is 3.09. The summed E-state index contributed by atoms with van der Waals surface area (Å²) in [6.45, 7) is 4.42. The van der Waals surface area contributed by atoms with Gasteiger partial charge in [-0.3, -0.25) is 0 Å². The van der Waals surface area contributed by atoms with Crippen LogP contribution >= 0.6 is 31.9 Å². The highest BCUT2D eigenvalue weighted by molar-refractivity contribution is 9.11. The van der Waals surface area contributed by atoms with Crippen LogP contribution in [0.5, 0.6) is 17.2 Å². The number of halogens is 2. The molecule has 0 spiro atoms. The van der Waals surface area contributed by atoms with Crippen molar-refractivity contribution >= 4 is 42.8 Å². The van der Waals surface area contributed by atoms with Crippen LogP contribution in [0.4, 0.5) is 0 Å². The molecule has 0 unspecified atom stereocenters. The quantitative estimate of drug-likeness (QED) is 0.495. The molecule has 1 aromatic heterocycles. The van der Waals surface area contributed by atoms with Crippen molar-refractivity contribution in [2.75, 3.05) is 0 Å². The highest BCUT2D eigenvalue weighted by atomic mass is 79.9. The number of phenols is 1. The van der Waals surface area contributed by atoms with Gasteiger partial charge in [-0.1, -0.05) is 13.8 Å². The number of fused-ring (bicyclic) bond motifs is 1. The van der Waals surface area contributed by atoms with Crippen LogP contribution in [0.1, 0.15) is 19.4 Å². The molecular weight excluding hydrogens is 422 g/mol. The van der Waals surface area contributed by atoms with Crippen molar-refractivity contribution in [3.63, 3.8) is 0 Å². The molecule has 0 radical (unpaired) electrons. The van der Waals surface area contributed by atoms with Crippen LogP contribution in [0, 0.1) is 5.92 Å². The Morgan fingerprint density at radius 1 is 1.13 bits per heavy atom. The Morgan fingerprint density at radius 3 is 2.48 bits per heavy atom. The summed E-state index contributed by atoms with van der Waals surface area (Å²) in [5, 5.41) is 10.8. The van der Waals surface area contributed by atoms with Gasteiger partial charge in [0.2, 0.25) is 0 Å². The fourth-order valence-electron chi connectivity index (χ4n) is 2.59. The molecule has 0 bridgehead atoms. The first kappa shape index (κ1) is 16.4. The molecule has 0 aliphatic rings. The van der Waals surface area contributed by atoms with Crippen molar-refractivity contribution in [2.24, 2.45) is 5.92 Å². The molecule has 0 amide bonds. The summed E-state index contributed by atoms with van der Waals surface area (Å²) in [5.41, 5.74) is 2.40. The van der Waals surface area contributed by atoms with E-state index in [4.69, 9.17) is 4.74 Å². The Labute approximate surface area is 151 Å². The Bertz CT molecular complexity index is 832. The molecule has 0 saturated carbocycles. The molecule has 0 saturated heterocycles. The van der Waals surface area contributed by atoms with E-state index in [-0.39, 0.29) is 5.75 Å². The maximum Gasteiger partial charge on any atom is 0.156 e. The number of benzene rings is 2. The van der Waals surface area contributed by atoms with Crippen molar-refractivity contribution in [2.45, 2.75) is 20.3 Å². The van der Waals surface area contributed by atoms with Crippen LogP contribution in [0.25, 0.3) is 10.9 Å². The van der Waals surface area contributed by atoms with E-state index < -0.39 is 0 Å². The summed E-state index contributed by atoms with van der Waals surface area (Å²) >= 11 is 6.85. The molecule has 2 aromatic carbocycles. The summed E-state index contributed by atoms with van der Waals surface area (Å²) < 4.78 is 7.40. The van der Waals surface area contributed by atoms with Crippen molar-refractivity contribution in [3.8, 4) is 17.2 Å². The monoisotopic (exact) mass is 437 g/mol. The van der Waals surface area contributed by atoms with Crippen LogP contribution in [-0.4, -0.2) is 10.1 Å². The molecule has 23 heavy (non-hydrogen) atoms. The van der Waals surface area contributed by atoms with Gasteiger partial charge in [0.25, 0.3) is 0 Å². The zero-order chi connectivity index (χ0) is 16.6. The van der Waals surface area contributed by atoms with Crippen LogP contribution < -0.4 is 4.74 Å².